The van der Waals surface area contributed by atoms with Crippen molar-refractivity contribution in [1.29, 1.82) is 5.26 Å². The number of methoxy groups -OCH3 is 1. The van der Waals surface area contributed by atoms with E-state index >= 15 is 0 Å². The number of amides is 2. The summed E-state index contributed by atoms with van der Waals surface area (Å²) in [5, 5.41) is 18.1. The molecule has 2 amide bonds. The van der Waals surface area contributed by atoms with Gasteiger partial charge in [0.15, 0.2) is 0 Å². The second kappa shape index (κ2) is 10.9. The van der Waals surface area contributed by atoms with E-state index < -0.39 is 5.92 Å². The topological polar surface area (TPSA) is 108 Å². The van der Waals surface area contributed by atoms with Gasteiger partial charge in [-0.3, -0.25) is 9.59 Å². The van der Waals surface area contributed by atoms with E-state index in [0.29, 0.717) is 62.5 Å². The monoisotopic (exact) mass is 538 g/mol. The van der Waals surface area contributed by atoms with E-state index in [4.69, 9.17) is 20.8 Å². The van der Waals surface area contributed by atoms with Crippen molar-refractivity contribution in [2.75, 3.05) is 17.4 Å². The van der Waals surface area contributed by atoms with Crippen LogP contribution in [0.1, 0.15) is 28.6 Å². The van der Waals surface area contributed by atoms with E-state index in [-0.39, 0.29) is 11.8 Å². The van der Waals surface area contributed by atoms with Crippen LogP contribution in [0.4, 0.5) is 11.4 Å². The van der Waals surface area contributed by atoms with Crippen LogP contribution >= 0.6 is 11.6 Å². The highest BCUT2D eigenvalue weighted by molar-refractivity contribution is 6.34. The number of anilines is 2. The summed E-state index contributed by atoms with van der Waals surface area (Å²) in [6, 6.07) is 24.6. The number of hydrogen-bond donors (Lipinski definition) is 1. The van der Waals surface area contributed by atoms with Gasteiger partial charge in [0.05, 0.1) is 40.9 Å². The third-order valence-electron chi connectivity index (χ3n) is 6.38. The standard InChI is InChI=1S/C30H23ClN4O4/c1-18-25(30(37)35(34-18)22-7-3-5-19(13-22)17-32)16-24-10-12-28(39-24)20-9-11-27(31)26(14-20)29(36)33-21-6-4-8-23(15-21)38-2/h3-15,25H,16H2,1-2H3,(H,33,36). The molecule has 0 aliphatic carbocycles. The number of carbonyl (C=O) groups excluding carboxylic acids is 2. The van der Waals surface area contributed by atoms with Gasteiger partial charge in [0.2, 0.25) is 0 Å². The highest BCUT2D eigenvalue weighted by atomic mass is 35.5. The fourth-order valence-corrected chi connectivity index (χ4v) is 4.53. The zero-order valence-corrected chi connectivity index (χ0v) is 21.9. The number of ether oxygens (including phenoxy) is 1. The Bertz CT molecular complexity index is 1650. The summed E-state index contributed by atoms with van der Waals surface area (Å²) in [7, 11) is 1.56. The number of carbonyl (C=O) groups is 2. The molecule has 2 heterocycles. The fraction of sp³-hybridized carbons (Fsp3) is 0.133. The van der Waals surface area contributed by atoms with Crippen molar-refractivity contribution in [1.82, 2.24) is 0 Å². The number of rotatable bonds is 7. The third-order valence-corrected chi connectivity index (χ3v) is 6.71. The first-order chi connectivity index (χ1) is 18.9. The minimum Gasteiger partial charge on any atom is -0.497 e. The number of nitrogens with zero attached hydrogens (tertiary/aromatic N) is 3. The molecule has 0 spiro atoms. The van der Waals surface area contributed by atoms with E-state index in [1.165, 1.54) is 5.01 Å². The second-order valence-electron chi connectivity index (χ2n) is 8.96. The molecule has 4 aromatic rings. The molecular weight excluding hydrogens is 516 g/mol. The van der Waals surface area contributed by atoms with Gasteiger partial charge < -0.3 is 14.5 Å². The molecular formula is C30H23ClN4O4. The van der Waals surface area contributed by atoms with E-state index in [2.05, 4.69) is 16.5 Å². The lowest BCUT2D eigenvalue weighted by atomic mass is 9.99. The van der Waals surface area contributed by atoms with Crippen molar-refractivity contribution < 1.29 is 18.7 Å². The summed E-state index contributed by atoms with van der Waals surface area (Å²) in [5.41, 5.74) is 3.18. The quantitative estimate of drug-likeness (QED) is 0.296. The van der Waals surface area contributed by atoms with Crippen molar-refractivity contribution in [2.45, 2.75) is 13.3 Å². The molecule has 1 aliphatic rings. The molecule has 8 nitrogen and oxygen atoms in total. The summed E-state index contributed by atoms with van der Waals surface area (Å²) in [5.74, 6) is 0.702. The van der Waals surface area contributed by atoms with Crippen LogP contribution in [-0.2, 0) is 11.2 Å². The zero-order valence-electron chi connectivity index (χ0n) is 21.1. The summed E-state index contributed by atoms with van der Waals surface area (Å²) < 4.78 is 11.3. The Kier molecular flexibility index (Phi) is 7.17. The van der Waals surface area contributed by atoms with Crippen molar-refractivity contribution >= 4 is 40.5 Å². The third kappa shape index (κ3) is 5.40. The maximum Gasteiger partial charge on any atom is 0.257 e. The van der Waals surface area contributed by atoms with Crippen molar-refractivity contribution in [3.05, 3.63) is 101 Å². The Labute approximate surface area is 230 Å². The van der Waals surface area contributed by atoms with Gasteiger partial charge in [-0.15, -0.1) is 0 Å². The van der Waals surface area contributed by atoms with E-state index in [9.17, 15) is 14.9 Å². The summed E-state index contributed by atoms with van der Waals surface area (Å²) >= 11 is 6.35. The maximum atomic E-state index is 13.2. The number of nitriles is 1. The number of benzene rings is 3. The molecule has 0 saturated carbocycles. The van der Waals surface area contributed by atoms with Gasteiger partial charge >= 0.3 is 0 Å². The molecule has 5 rings (SSSR count). The van der Waals surface area contributed by atoms with Crippen LogP contribution < -0.4 is 15.1 Å². The maximum absolute atomic E-state index is 13.2. The van der Waals surface area contributed by atoms with Crippen LogP contribution in [0.3, 0.4) is 0 Å². The largest absolute Gasteiger partial charge is 0.497 e. The Morgan fingerprint density at radius 3 is 2.74 bits per heavy atom. The summed E-state index contributed by atoms with van der Waals surface area (Å²) in [4.78, 5) is 26.1. The summed E-state index contributed by atoms with van der Waals surface area (Å²) in [6.45, 7) is 1.80. The van der Waals surface area contributed by atoms with Crippen molar-refractivity contribution in [3.8, 4) is 23.1 Å². The number of hydrogen-bond acceptors (Lipinski definition) is 6. The van der Waals surface area contributed by atoms with Gasteiger partial charge in [-0.05, 0) is 67.6 Å². The first-order valence-electron chi connectivity index (χ1n) is 12.1. The molecule has 0 saturated heterocycles. The minimum absolute atomic E-state index is 0.191. The first kappa shape index (κ1) is 25.8. The normalized spacial score (nSPS) is 14.6. The number of furan rings is 1. The molecule has 3 aromatic carbocycles. The molecule has 194 valence electrons. The smallest absolute Gasteiger partial charge is 0.257 e. The number of hydrazone groups is 1. The molecule has 1 N–H and O–H groups in total. The van der Waals surface area contributed by atoms with Crippen LogP contribution in [-0.4, -0.2) is 24.6 Å². The highest BCUT2D eigenvalue weighted by Gasteiger charge is 2.35. The second-order valence-corrected chi connectivity index (χ2v) is 9.36. The van der Waals surface area contributed by atoms with Gasteiger partial charge in [0.25, 0.3) is 11.8 Å². The van der Waals surface area contributed by atoms with Gasteiger partial charge in [-0.1, -0.05) is 23.7 Å². The minimum atomic E-state index is -0.496. The van der Waals surface area contributed by atoms with Crippen LogP contribution in [0.15, 0.2) is 88.4 Å². The summed E-state index contributed by atoms with van der Waals surface area (Å²) in [6.07, 6.45) is 0.319. The first-order valence-corrected chi connectivity index (χ1v) is 12.5. The van der Waals surface area contributed by atoms with E-state index in [0.717, 1.165) is 0 Å². The lowest BCUT2D eigenvalue weighted by Crippen LogP contribution is -2.28. The molecule has 1 aromatic heterocycles. The van der Waals surface area contributed by atoms with Crippen LogP contribution in [0.25, 0.3) is 11.3 Å². The molecule has 1 atom stereocenters. The molecule has 9 heteroatoms. The Balaban J connectivity index is 1.32. The number of halogens is 1. The van der Waals surface area contributed by atoms with Gasteiger partial charge in [-0.25, -0.2) is 5.01 Å². The molecule has 1 unspecified atom stereocenters. The van der Waals surface area contributed by atoms with Gasteiger partial charge in [-0.2, -0.15) is 10.4 Å². The fourth-order valence-electron chi connectivity index (χ4n) is 4.33. The molecule has 0 fully saturated rings. The molecule has 0 bridgehead atoms. The molecule has 0 radical (unpaired) electrons. The predicted molar refractivity (Wildman–Crippen MR) is 149 cm³/mol. The Hall–Kier alpha value is -4.87. The predicted octanol–water partition coefficient (Wildman–Crippen LogP) is 6.31. The van der Waals surface area contributed by atoms with Gasteiger partial charge in [0, 0.05) is 29.4 Å². The van der Waals surface area contributed by atoms with E-state index in [1.54, 1.807) is 92.9 Å². The van der Waals surface area contributed by atoms with Gasteiger partial charge in [0.1, 0.15) is 17.3 Å². The van der Waals surface area contributed by atoms with Crippen LogP contribution in [0.2, 0.25) is 5.02 Å². The zero-order chi connectivity index (χ0) is 27.5. The van der Waals surface area contributed by atoms with Crippen LogP contribution in [0, 0.1) is 17.2 Å². The Morgan fingerprint density at radius 1 is 1.13 bits per heavy atom. The average molecular weight is 539 g/mol. The highest BCUT2D eigenvalue weighted by Crippen LogP contribution is 2.31. The van der Waals surface area contributed by atoms with Crippen molar-refractivity contribution in [3.63, 3.8) is 0 Å². The number of nitrogens with one attached hydrogen (secondary N) is 1. The lowest BCUT2D eigenvalue weighted by molar-refractivity contribution is -0.119. The van der Waals surface area contributed by atoms with Crippen molar-refractivity contribution in [2.24, 2.45) is 11.0 Å². The van der Waals surface area contributed by atoms with E-state index in [1.807, 2.05) is 0 Å². The lowest BCUT2D eigenvalue weighted by Gasteiger charge is -2.14. The van der Waals surface area contributed by atoms with Crippen LogP contribution in [0.5, 0.6) is 5.75 Å². The SMILES string of the molecule is COc1cccc(NC(=O)c2cc(-c3ccc(CC4C(=O)N(c5cccc(C#N)c5)N=C4C)o3)ccc2Cl)c1. The molecule has 1 aliphatic heterocycles. The molecule has 39 heavy (non-hydrogen) atoms. The average Bonchev–Trinajstić information content (AvgIpc) is 3.53. The Morgan fingerprint density at radius 2 is 1.95 bits per heavy atom.